The van der Waals surface area contributed by atoms with Gasteiger partial charge in [0, 0.05) is 19.0 Å². The Labute approximate surface area is 220 Å². The molecule has 194 valence electrons. The summed E-state index contributed by atoms with van der Waals surface area (Å²) in [7, 11) is 3.04. The normalized spacial score (nSPS) is 14.0. The molecule has 1 saturated heterocycles. The minimum Gasteiger partial charge on any atom is -0.493 e. The van der Waals surface area contributed by atoms with Crippen LogP contribution in [0.1, 0.15) is 18.4 Å². The molecule has 13 nitrogen and oxygen atoms in total. The number of thioether (sulfide) groups is 1. The van der Waals surface area contributed by atoms with Gasteiger partial charge in [-0.05, 0) is 36.3 Å². The summed E-state index contributed by atoms with van der Waals surface area (Å²) in [6.07, 6.45) is 1.94. The second-order valence-corrected chi connectivity index (χ2v) is 9.12. The van der Waals surface area contributed by atoms with Crippen molar-refractivity contribution in [3.8, 4) is 11.5 Å². The van der Waals surface area contributed by atoms with Crippen LogP contribution in [-0.2, 0) is 9.59 Å². The Bertz CT molecular complexity index is 1300. The van der Waals surface area contributed by atoms with Crippen molar-refractivity contribution < 1.29 is 28.9 Å². The second kappa shape index (κ2) is 12.1. The van der Waals surface area contributed by atoms with Crippen LogP contribution in [0.15, 0.2) is 41.3 Å². The van der Waals surface area contributed by atoms with Crippen LogP contribution in [0, 0.1) is 20.2 Å². The number of methoxy groups -OCH3 is 2. The van der Waals surface area contributed by atoms with E-state index in [0.29, 0.717) is 20.7 Å². The molecule has 0 radical (unpaired) electrons. The topological polar surface area (TPSA) is 166 Å². The predicted molar refractivity (Wildman–Crippen MR) is 140 cm³/mol. The van der Waals surface area contributed by atoms with E-state index in [-0.39, 0.29) is 31.0 Å². The molecular formula is C22H21N5O8S2. The molecule has 0 unspecified atom stereocenters. The summed E-state index contributed by atoms with van der Waals surface area (Å²) in [5.74, 6) is 0.289. The number of hydrazine groups is 1. The Balaban J connectivity index is 1.55. The Morgan fingerprint density at radius 1 is 1.11 bits per heavy atom. The first-order chi connectivity index (χ1) is 17.6. The average molecular weight is 548 g/mol. The highest BCUT2D eigenvalue weighted by atomic mass is 32.2. The number of thiocarbonyl (C=S) groups is 1. The molecular weight excluding hydrogens is 526 g/mol. The number of benzene rings is 2. The monoisotopic (exact) mass is 547 g/mol. The molecule has 1 heterocycles. The number of hydrogen-bond acceptors (Lipinski definition) is 11. The number of amides is 2. The zero-order valence-corrected chi connectivity index (χ0v) is 21.2. The van der Waals surface area contributed by atoms with Crippen molar-refractivity contribution in [1.82, 2.24) is 10.3 Å². The minimum atomic E-state index is -0.799. The molecule has 0 saturated carbocycles. The number of hydrogen-bond donors (Lipinski definition) is 2. The van der Waals surface area contributed by atoms with Crippen LogP contribution in [0.5, 0.6) is 11.5 Å². The summed E-state index contributed by atoms with van der Waals surface area (Å²) < 4.78 is 10.9. The first-order valence-electron chi connectivity index (χ1n) is 10.6. The van der Waals surface area contributed by atoms with Crippen molar-refractivity contribution in [3.05, 3.63) is 67.1 Å². The lowest BCUT2D eigenvalue weighted by Crippen LogP contribution is -2.32. The van der Waals surface area contributed by atoms with Crippen LogP contribution in [-0.4, -0.2) is 51.6 Å². The fraction of sp³-hybridized carbons (Fsp3) is 0.227. The van der Waals surface area contributed by atoms with Gasteiger partial charge in [0.15, 0.2) is 11.5 Å². The van der Waals surface area contributed by atoms with Gasteiger partial charge in [0.2, 0.25) is 5.91 Å². The number of anilines is 1. The quantitative estimate of drug-likeness (QED) is 0.182. The van der Waals surface area contributed by atoms with Crippen molar-refractivity contribution in [2.75, 3.05) is 26.2 Å². The van der Waals surface area contributed by atoms with Crippen LogP contribution < -0.4 is 20.3 Å². The number of ether oxygens (including phenoxy) is 2. The van der Waals surface area contributed by atoms with Gasteiger partial charge in [0.25, 0.3) is 11.6 Å². The summed E-state index contributed by atoms with van der Waals surface area (Å²) in [4.78, 5) is 47.3. The van der Waals surface area contributed by atoms with Gasteiger partial charge in [-0.1, -0.05) is 30.0 Å². The van der Waals surface area contributed by atoms with E-state index < -0.39 is 27.1 Å². The summed E-state index contributed by atoms with van der Waals surface area (Å²) >= 11 is 6.46. The summed E-state index contributed by atoms with van der Waals surface area (Å²) in [5, 5.41) is 22.0. The summed E-state index contributed by atoms with van der Waals surface area (Å²) in [6, 6.07) is 8.23. The third kappa shape index (κ3) is 6.71. The van der Waals surface area contributed by atoms with Crippen molar-refractivity contribution in [1.29, 1.82) is 0 Å². The Morgan fingerprint density at radius 2 is 1.84 bits per heavy atom. The second-order valence-electron chi connectivity index (χ2n) is 7.44. The van der Waals surface area contributed by atoms with E-state index in [1.807, 2.05) is 0 Å². The van der Waals surface area contributed by atoms with E-state index >= 15 is 0 Å². The molecule has 37 heavy (non-hydrogen) atoms. The summed E-state index contributed by atoms with van der Waals surface area (Å²) in [5.41, 5.74) is 4.32. The molecule has 15 heteroatoms. The molecule has 1 aliphatic heterocycles. The van der Waals surface area contributed by atoms with E-state index in [0.717, 1.165) is 35.5 Å². The minimum absolute atomic E-state index is 0.0143. The molecule has 3 rings (SSSR count). The standard InChI is InChI=1S/C22H21N5O8S2/c1-34-17-8-5-13(10-18(17)35-2)11-19-21(29)25(22(36)37-19)9-3-4-20(28)24-23-15-7-6-14(26(30)31)12-16(15)27(32)33/h5-8,10-12,23H,3-4,9H2,1-2H3,(H,24,28)/b19-11-. The molecule has 0 bridgehead atoms. The first-order valence-corrected chi connectivity index (χ1v) is 11.8. The Morgan fingerprint density at radius 3 is 2.49 bits per heavy atom. The number of nitrogens with zero attached hydrogens (tertiary/aromatic N) is 3. The lowest BCUT2D eigenvalue weighted by atomic mass is 10.2. The maximum absolute atomic E-state index is 12.8. The SMILES string of the molecule is COc1ccc(/C=C2\SC(=S)N(CCCC(=O)NNc3ccc([N+](=O)[O-])cc3[N+](=O)[O-])C2=O)cc1OC. The van der Waals surface area contributed by atoms with Gasteiger partial charge in [0.05, 0.1) is 35.0 Å². The van der Waals surface area contributed by atoms with Crippen LogP contribution in [0.3, 0.4) is 0 Å². The number of nitro benzene ring substituents is 2. The van der Waals surface area contributed by atoms with E-state index in [4.69, 9.17) is 21.7 Å². The summed E-state index contributed by atoms with van der Waals surface area (Å²) in [6.45, 7) is 0.193. The Kier molecular flexibility index (Phi) is 8.97. The van der Waals surface area contributed by atoms with Gasteiger partial charge < -0.3 is 9.47 Å². The number of nitro groups is 2. The molecule has 0 aromatic heterocycles. The van der Waals surface area contributed by atoms with E-state index in [1.54, 1.807) is 24.3 Å². The first kappa shape index (κ1) is 27.3. The van der Waals surface area contributed by atoms with E-state index in [1.165, 1.54) is 19.1 Å². The van der Waals surface area contributed by atoms with Crippen molar-refractivity contribution in [2.24, 2.45) is 0 Å². The molecule has 2 N–H and O–H groups in total. The number of carbonyl (C=O) groups excluding carboxylic acids is 2. The molecule has 2 aromatic carbocycles. The lowest BCUT2D eigenvalue weighted by molar-refractivity contribution is -0.393. The van der Waals surface area contributed by atoms with Gasteiger partial charge in [-0.3, -0.25) is 45.6 Å². The fourth-order valence-electron chi connectivity index (χ4n) is 3.27. The molecule has 0 spiro atoms. The maximum atomic E-state index is 12.8. The molecule has 1 fully saturated rings. The van der Waals surface area contributed by atoms with Crippen molar-refractivity contribution in [3.63, 3.8) is 0 Å². The van der Waals surface area contributed by atoms with Gasteiger partial charge in [0.1, 0.15) is 10.0 Å². The molecule has 0 atom stereocenters. The van der Waals surface area contributed by atoms with Crippen LogP contribution in [0.2, 0.25) is 0 Å². The highest BCUT2D eigenvalue weighted by molar-refractivity contribution is 8.26. The lowest BCUT2D eigenvalue weighted by Gasteiger charge is -2.14. The third-order valence-corrected chi connectivity index (χ3v) is 6.47. The van der Waals surface area contributed by atoms with Gasteiger partial charge >= 0.3 is 5.69 Å². The van der Waals surface area contributed by atoms with Gasteiger partial charge in [-0.2, -0.15) is 0 Å². The molecule has 0 aliphatic carbocycles. The highest BCUT2D eigenvalue weighted by Gasteiger charge is 2.31. The van der Waals surface area contributed by atoms with Gasteiger partial charge in [-0.25, -0.2) is 0 Å². The van der Waals surface area contributed by atoms with E-state index in [9.17, 15) is 29.8 Å². The van der Waals surface area contributed by atoms with Crippen LogP contribution >= 0.6 is 24.0 Å². The van der Waals surface area contributed by atoms with Crippen molar-refractivity contribution in [2.45, 2.75) is 12.8 Å². The van der Waals surface area contributed by atoms with Crippen LogP contribution in [0.4, 0.5) is 17.1 Å². The number of non-ortho nitro benzene ring substituents is 1. The van der Waals surface area contributed by atoms with Crippen molar-refractivity contribution >= 4 is 63.3 Å². The van der Waals surface area contributed by atoms with E-state index in [2.05, 4.69) is 10.9 Å². The number of rotatable bonds is 11. The zero-order chi connectivity index (χ0) is 27.1. The zero-order valence-electron chi connectivity index (χ0n) is 19.6. The van der Waals surface area contributed by atoms with Gasteiger partial charge in [-0.15, -0.1) is 0 Å². The maximum Gasteiger partial charge on any atom is 0.300 e. The third-order valence-electron chi connectivity index (χ3n) is 5.09. The largest absolute Gasteiger partial charge is 0.493 e. The fourth-order valence-corrected chi connectivity index (χ4v) is 4.58. The molecule has 2 aromatic rings. The number of nitrogens with one attached hydrogen (secondary N) is 2. The predicted octanol–water partition coefficient (Wildman–Crippen LogP) is 3.64. The van der Waals surface area contributed by atoms with Crippen LogP contribution in [0.25, 0.3) is 6.08 Å². The average Bonchev–Trinajstić information content (AvgIpc) is 3.14. The Hall–Kier alpha value is -4.24. The highest BCUT2D eigenvalue weighted by Crippen LogP contribution is 2.35. The smallest absolute Gasteiger partial charge is 0.300 e. The molecule has 1 aliphatic rings. The number of carbonyl (C=O) groups is 2. The molecule has 2 amide bonds.